The minimum atomic E-state index is 0.337. The topological polar surface area (TPSA) is 60.2 Å². The molecular weight excluding hydrogens is 194 g/mol. The molecule has 1 N–H and O–H groups in total. The van der Waals surface area contributed by atoms with Crippen molar-refractivity contribution >= 4 is 0 Å². The molecule has 0 amide bonds. The Balaban J connectivity index is 1.71. The maximum absolute atomic E-state index is 5.41. The first-order valence-electron chi connectivity index (χ1n) is 5.55. The van der Waals surface area contributed by atoms with E-state index < -0.39 is 0 Å². The molecule has 1 aromatic rings. The standard InChI is InChI=1S/C10H15N3O2/c1-2-7(6-14-3-1)9-12-10(15-13-9)8-4-11-5-8/h7-8,11H,1-6H2. The third-order valence-corrected chi connectivity index (χ3v) is 3.11. The van der Waals surface area contributed by atoms with Crippen molar-refractivity contribution in [2.75, 3.05) is 26.3 Å². The van der Waals surface area contributed by atoms with Gasteiger partial charge in [-0.05, 0) is 12.8 Å². The molecular formula is C10H15N3O2. The van der Waals surface area contributed by atoms with Crippen LogP contribution in [0, 0.1) is 0 Å². The van der Waals surface area contributed by atoms with Crippen molar-refractivity contribution in [2.24, 2.45) is 0 Å². The summed E-state index contributed by atoms with van der Waals surface area (Å²) in [4.78, 5) is 4.46. The first kappa shape index (κ1) is 9.30. The molecule has 0 spiro atoms. The second-order valence-electron chi connectivity index (χ2n) is 4.26. The van der Waals surface area contributed by atoms with Gasteiger partial charge in [-0.15, -0.1) is 0 Å². The highest BCUT2D eigenvalue weighted by Gasteiger charge is 2.27. The van der Waals surface area contributed by atoms with E-state index in [0.29, 0.717) is 11.8 Å². The molecule has 15 heavy (non-hydrogen) atoms. The lowest BCUT2D eigenvalue weighted by molar-refractivity contribution is 0.0773. The van der Waals surface area contributed by atoms with E-state index in [9.17, 15) is 0 Å². The summed E-state index contributed by atoms with van der Waals surface area (Å²) in [6.45, 7) is 3.53. The van der Waals surface area contributed by atoms with Crippen LogP contribution in [0.25, 0.3) is 0 Å². The van der Waals surface area contributed by atoms with Crippen LogP contribution in [0.4, 0.5) is 0 Å². The zero-order valence-electron chi connectivity index (χ0n) is 8.61. The fourth-order valence-electron chi connectivity index (χ4n) is 1.99. The molecule has 2 saturated heterocycles. The van der Waals surface area contributed by atoms with Gasteiger partial charge in [0.1, 0.15) is 0 Å². The number of nitrogens with one attached hydrogen (secondary N) is 1. The number of hydrogen-bond donors (Lipinski definition) is 1. The average Bonchev–Trinajstić information content (AvgIpc) is 2.66. The third kappa shape index (κ3) is 1.77. The van der Waals surface area contributed by atoms with Crippen LogP contribution in [-0.2, 0) is 4.74 Å². The Kier molecular flexibility index (Phi) is 2.42. The summed E-state index contributed by atoms with van der Waals surface area (Å²) >= 11 is 0. The number of hydrogen-bond acceptors (Lipinski definition) is 5. The zero-order valence-corrected chi connectivity index (χ0v) is 8.61. The van der Waals surface area contributed by atoms with E-state index in [1.165, 1.54) is 0 Å². The van der Waals surface area contributed by atoms with Crippen molar-refractivity contribution in [1.82, 2.24) is 15.5 Å². The summed E-state index contributed by atoms with van der Waals surface area (Å²) < 4.78 is 10.7. The molecule has 0 aromatic carbocycles. The molecule has 0 bridgehead atoms. The van der Waals surface area contributed by atoms with E-state index >= 15 is 0 Å². The molecule has 1 aromatic heterocycles. The van der Waals surface area contributed by atoms with Gasteiger partial charge in [-0.1, -0.05) is 5.16 Å². The van der Waals surface area contributed by atoms with Gasteiger partial charge in [0, 0.05) is 25.6 Å². The van der Waals surface area contributed by atoms with E-state index in [2.05, 4.69) is 15.5 Å². The van der Waals surface area contributed by atoms with Crippen LogP contribution in [0.2, 0.25) is 0 Å². The van der Waals surface area contributed by atoms with Crippen LogP contribution in [0.15, 0.2) is 4.52 Å². The molecule has 3 heterocycles. The van der Waals surface area contributed by atoms with E-state index in [-0.39, 0.29) is 0 Å². The molecule has 3 rings (SSSR count). The largest absolute Gasteiger partial charge is 0.381 e. The lowest BCUT2D eigenvalue weighted by Gasteiger charge is -2.23. The van der Waals surface area contributed by atoms with Crippen LogP contribution in [0.3, 0.4) is 0 Å². The second kappa shape index (κ2) is 3.90. The van der Waals surface area contributed by atoms with Crippen LogP contribution in [0.1, 0.15) is 36.4 Å². The summed E-state index contributed by atoms with van der Waals surface area (Å²) in [7, 11) is 0. The van der Waals surface area contributed by atoms with Crippen molar-refractivity contribution < 1.29 is 9.26 Å². The average molecular weight is 209 g/mol. The molecule has 5 nitrogen and oxygen atoms in total. The van der Waals surface area contributed by atoms with E-state index in [1.807, 2.05) is 0 Å². The Hall–Kier alpha value is -0.940. The van der Waals surface area contributed by atoms with Gasteiger partial charge in [0.05, 0.1) is 12.5 Å². The number of nitrogens with zero attached hydrogens (tertiary/aromatic N) is 2. The Morgan fingerprint density at radius 1 is 1.27 bits per heavy atom. The SMILES string of the molecule is C1COCC(c2noc(C3CNC3)n2)C1. The van der Waals surface area contributed by atoms with Gasteiger partial charge in [-0.2, -0.15) is 4.98 Å². The number of aromatic nitrogens is 2. The van der Waals surface area contributed by atoms with Crippen LogP contribution >= 0.6 is 0 Å². The quantitative estimate of drug-likeness (QED) is 0.775. The van der Waals surface area contributed by atoms with Gasteiger partial charge in [0.15, 0.2) is 5.82 Å². The number of rotatable bonds is 2. The molecule has 1 atom stereocenters. The monoisotopic (exact) mass is 209 g/mol. The van der Waals surface area contributed by atoms with E-state index in [1.54, 1.807) is 0 Å². The van der Waals surface area contributed by atoms with Crippen molar-refractivity contribution in [3.05, 3.63) is 11.7 Å². The predicted molar refractivity (Wildman–Crippen MR) is 52.7 cm³/mol. The minimum absolute atomic E-state index is 0.337. The van der Waals surface area contributed by atoms with Crippen molar-refractivity contribution in [3.8, 4) is 0 Å². The summed E-state index contributed by atoms with van der Waals surface area (Å²) in [6.07, 6.45) is 2.21. The van der Waals surface area contributed by atoms with Gasteiger partial charge in [0.2, 0.25) is 5.89 Å². The Labute approximate surface area is 88.2 Å². The number of ether oxygens (including phenoxy) is 1. The molecule has 1 unspecified atom stereocenters. The fourth-order valence-corrected chi connectivity index (χ4v) is 1.99. The van der Waals surface area contributed by atoms with Gasteiger partial charge in [0.25, 0.3) is 0 Å². The first-order valence-corrected chi connectivity index (χ1v) is 5.55. The van der Waals surface area contributed by atoms with E-state index in [4.69, 9.17) is 9.26 Å². The van der Waals surface area contributed by atoms with Crippen LogP contribution in [-0.4, -0.2) is 36.4 Å². The minimum Gasteiger partial charge on any atom is -0.381 e. The van der Waals surface area contributed by atoms with Crippen LogP contribution in [0.5, 0.6) is 0 Å². The van der Waals surface area contributed by atoms with Gasteiger partial charge >= 0.3 is 0 Å². The lowest BCUT2D eigenvalue weighted by atomic mass is 10.0. The van der Waals surface area contributed by atoms with Gasteiger partial charge < -0.3 is 14.6 Å². The van der Waals surface area contributed by atoms with Crippen molar-refractivity contribution in [2.45, 2.75) is 24.7 Å². The van der Waals surface area contributed by atoms with Gasteiger partial charge in [-0.3, -0.25) is 0 Å². The normalized spacial score (nSPS) is 27.6. The molecule has 0 aliphatic carbocycles. The second-order valence-corrected chi connectivity index (χ2v) is 4.26. The van der Waals surface area contributed by atoms with Crippen molar-refractivity contribution in [1.29, 1.82) is 0 Å². The molecule has 0 radical (unpaired) electrons. The highest BCUT2D eigenvalue weighted by molar-refractivity contribution is 5.04. The Morgan fingerprint density at radius 3 is 2.87 bits per heavy atom. The van der Waals surface area contributed by atoms with Crippen molar-refractivity contribution in [3.63, 3.8) is 0 Å². The third-order valence-electron chi connectivity index (χ3n) is 3.11. The van der Waals surface area contributed by atoms with Crippen LogP contribution < -0.4 is 5.32 Å². The Bertz CT molecular complexity index is 329. The fraction of sp³-hybridized carbons (Fsp3) is 0.800. The molecule has 2 fully saturated rings. The smallest absolute Gasteiger partial charge is 0.232 e. The molecule has 82 valence electrons. The summed E-state index contributed by atoms with van der Waals surface area (Å²) in [5.74, 6) is 2.38. The highest BCUT2D eigenvalue weighted by atomic mass is 16.5. The molecule has 2 aliphatic heterocycles. The predicted octanol–water partition coefficient (Wildman–Crippen LogP) is 0.650. The first-order chi connectivity index (χ1) is 7.43. The molecule has 2 aliphatic rings. The summed E-state index contributed by atoms with van der Waals surface area (Å²) in [6, 6.07) is 0. The maximum Gasteiger partial charge on any atom is 0.232 e. The van der Waals surface area contributed by atoms with Gasteiger partial charge in [-0.25, -0.2) is 0 Å². The molecule has 5 heteroatoms. The summed E-state index contributed by atoms with van der Waals surface area (Å²) in [5.41, 5.74) is 0. The lowest BCUT2D eigenvalue weighted by Crippen LogP contribution is -2.40. The molecule has 0 saturated carbocycles. The highest BCUT2D eigenvalue weighted by Crippen LogP contribution is 2.25. The Morgan fingerprint density at radius 2 is 2.20 bits per heavy atom. The van der Waals surface area contributed by atoms with E-state index in [0.717, 1.165) is 50.9 Å². The maximum atomic E-state index is 5.41. The zero-order chi connectivity index (χ0) is 10.1. The summed E-state index contributed by atoms with van der Waals surface area (Å²) in [5, 5.41) is 7.24.